The van der Waals surface area contributed by atoms with Gasteiger partial charge in [-0.05, 0) is 54.5 Å². The largest absolute Gasteiger partial charge is 0.392 e. The molecule has 7 nitrogen and oxygen atoms in total. The monoisotopic (exact) mass is 475 g/mol. The third-order valence-corrected chi connectivity index (χ3v) is 7.24. The van der Waals surface area contributed by atoms with E-state index in [0.29, 0.717) is 19.6 Å². The number of hydrogen-bond donors (Lipinski definition) is 2. The summed E-state index contributed by atoms with van der Waals surface area (Å²) in [6, 6.07) is 6.40. The van der Waals surface area contributed by atoms with Gasteiger partial charge in [0.25, 0.3) is 0 Å². The van der Waals surface area contributed by atoms with Crippen molar-refractivity contribution in [1.82, 2.24) is 19.9 Å². The lowest BCUT2D eigenvalue weighted by Gasteiger charge is -2.36. The van der Waals surface area contributed by atoms with Gasteiger partial charge in [0.2, 0.25) is 0 Å². The Balaban J connectivity index is 1.86. The van der Waals surface area contributed by atoms with Gasteiger partial charge in [-0.15, -0.1) is 0 Å². The van der Waals surface area contributed by atoms with Gasteiger partial charge < -0.3 is 19.7 Å². The molecule has 2 aliphatic rings. The van der Waals surface area contributed by atoms with Gasteiger partial charge in [-0.3, -0.25) is 0 Å². The van der Waals surface area contributed by atoms with E-state index in [2.05, 4.69) is 73.4 Å². The fourth-order valence-corrected chi connectivity index (χ4v) is 4.61. The molecule has 0 aliphatic carbocycles. The molecule has 0 radical (unpaired) electrons. The first-order chi connectivity index (χ1) is 16.9. The summed E-state index contributed by atoms with van der Waals surface area (Å²) in [5, 5.41) is 17.6. The third-order valence-electron chi connectivity index (χ3n) is 7.24. The Morgan fingerprint density at radius 3 is 2.69 bits per heavy atom. The van der Waals surface area contributed by atoms with Gasteiger partial charge in [-0.25, -0.2) is 9.99 Å². The Morgan fingerprint density at radius 1 is 1.26 bits per heavy atom. The molecule has 2 aliphatic heterocycles. The summed E-state index contributed by atoms with van der Waals surface area (Å²) in [4.78, 5) is 9.72. The Bertz CT molecular complexity index is 1140. The summed E-state index contributed by atoms with van der Waals surface area (Å²) >= 11 is 0. The van der Waals surface area contributed by atoms with Gasteiger partial charge in [0, 0.05) is 30.8 Å². The molecule has 1 unspecified atom stereocenters. The average molecular weight is 476 g/mol. The van der Waals surface area contributed by atoms with Crippen molar-refractivity contribution in [2.45, 2.75) is 40.5 Å². The smallest absolute Gasteiger partial charge is 0.150 e. The van der Waals surface area contributed by atoms with Crippen LogP contribution in [0, 0.1) is 19.8 Å². The second kappa shape index (κ2) is 11.1. The SMILES string of the molecule is C=C1C(c2cnc[nH]2)=CC(N2CCOCC2)=NN1/C(Cc1cccc(C)c1C)=C(/CO)C(C)CC. The average Bonchev–Trinajstić information content (AvgIpc) is 3.42. The maximum Gasteiger partial charge on any atom is 0.150 e. The van der Waals surface area contributed by atoms with Crippen LogP contribution in [-0.2, 0) is 11.2 Å². The van der Waals surface area contributed by atoms with Crippen LogP contribution in [0.1, 0.15) is 42.7 Å². The summed E-state index contributed by atoms with van der Waals surface area (Å²) in [7, 11) is 0. The third kappa shape index (κ3) is 5.26. The molecule has 4 rings (SSSR count). The highest BCUT2D eigenvalue weighted by molar-refractivity contribution is 6.03. The summed E-state index contributed by atoms with van der Waals surface area (Å²) in [5.74, 6) is 1.07. The first-order valence-corrected chi connectivity index (χ1v) is 12.4. The van der Waals surface area contributed by atoms with Crippen LogP contribution in [0.25, 0.3) is 5.57 Å². The number of rotatable bonds is 7. The number of aromatic amines is 1. The molecule has 3 heterocycles. The molecule has 0 saturated carbocycles. The molecule has 7 heteroatoms. The minimum absolute atomic E-state index is 0.0233. The lowest BCUT2D eigenvalue weighted by Crippen LogP contribution is -2.42. The molecule has 0 spiro atoms. The van der Waals surface area contributed by atoms with Crippen LogP contribution in [0.4, 0.5) is 0 Å². The lowest BCUT2D eigenvalue weighted by atomic mass is 9.91. The zero-order chi connectivity index (χ0) is 24.9. The molecule has 1 fully saturated rings. The first kappa shape index (κ1) is 24.9. The number of hydrogen-bond acceptors (Lipinski definition) is 6. The highest BCUT2D eigenvalue weighted by Gasteiger charge is 2.29. The van der Waals surface area contributed by atoms with Gasteiger partial charge in [0.15, 0.2) is 0 Å². The number of aliphatic hydroxyl groups is 1. The molecular formula is C28H37N5O2. The second-order valence-electron chi connectivity index (χ2n) is 9.31. The number of morpholine rings is 1. The number of imidazole rings is 1. The van der Waals surface area contributed by atoms with Crippen molar-refractivity contribution in [2.24, 2.45) is 11.0 Å². The zero-order valence-electron chi connectivity index (χ0n) is 21.3. The van der Waals surface area contributed by atoms with Crippen LogP contribution in [0.3, 0.4) is 0 Å². The minimum Gasteiger partial charge on any atom is -0.392 e. The van der Waals surface area contributed by atoms with E-state index < -0.39 is 0 Å². The van der Waals surface area contributed by atoms with E-state index >= 15 is 0 Å². The van der Waals surface area contributed by atoms with E-state index in [-0.39, 0.29) is 12.5 Å². The highest BCUT2D eigenvalue weighted by atomic mass is 16.5. The van der Waals surface area contributed by atoms with E-state index in [0.717, 1.165) is 53.6 Å². The summed E-state index contributed by atoms with van der Waals surface area (Å²) < 4.78 is 5.58. The summed E-state index contributed by atoms with van der Waals surface area (Å²) in [6.07, 6.45) is 7.15. The number of nitrogens with one attached hydrogen (secondary N) is 1. The number of hydrazone groups is 1. The predicted molar refractivity (Wildman–Crippen MR) is 141 cm³/mol. The van der Waals surface area contributed by atoms with Crippen LogP contribution in [-0.4, -0.2) is 63.7 Å². The molecule has 1 saturated heterocycles. The molecular weight excluding hydrogens is 438 g/mol. The van der Waals surface area contributed by atoms with Gasteiger partial charge >= 0.3 is 0 Å². The van der Waals surface area contributed by atoms with E-state index in [1.54, 1.807) is 6.33 Å². The van der Waals surface area contributed by atoms with Gasteiger partial charge in [-0.1, -0.05) is 38.6 Å². The predicted octanol–water partition coefficient (Wildman–Crippen LogP) is 4.42. The minimum atomic E-state index is -0.0233. The second-order valence-corrected chi connectivity index (χ2v) is 9.31. The summed E-state index contributed by atoms with van der Waals surface area (Å²) in [5.41, 5.74) is 8.31. The number of allylic oxidation sites excluding steroid dienone is 2. The first-order valence-electron chi connectivity index (χ1n) is 12.4. The molecule has 2 aromatic rings. The van der Waals surface area contributed by atoms with Gasteiger partial charge in [-0.2, -0.15) is 5.10 Å². The number of benzene rings is 1. The molecule has 1 atom stereocenters. The highest BCUT2D eigenvalue weighted by Crippen LogP contribution is 2.35. The van der Waals surface area contributed by atoms with Crippen molar-refractivity contribution >= 4 is 11.4 Å². The van der Waals surface area contributed by atoms with E-state index in [9.17, 15) is 5.11 Å². The van der Waals surface area contributed by atoms with Crippen molar-refractivity contribution in [3.05, 3.63) is 82.7 Å². The van der Waals surface area contributed by atoms with Crippen LogP contribution in [0.2, 0.25) is 0 Å². The number of nitrogens with zero attached hydrogens (tertiary/aromatic N) is 4. The number of aliphatic hydroxyl groups excluding tert-OH is 1. The van der Waals surface area contributed by atoms with Crippen LogP contribution < -0.4 is 0 Å². The maximum atomic E-state index is 10.6. The summed E-state index contributed by atoms with van der Waals surface area (Å²) in [6.45, 7) is 16.0. The standard InChI is InChI=1S/C28H37N5O2/c1-6-19(2)25(17-34)27(14-23-9-7-8-20(3)21(23)4)33-22(5)24(26-16-29-18-30-26)15-28(31-33)32-10-12-35-13-11-32/h7-9,15-16,18-19,34H,5-6,10-14,17H2,1-4H3,(H,29,30)/b27-25-. The number of ether oxygens (including phenoxy) is 1. The quantitative estimate of drug-likeness (QED) is 0.620. The normalized spacial score (nSPS) is 18.3. The van der Waals surface area contributed by atoms with E-state index in [1.807, 2.05) is 11.2 Å². The number of H-pyrrole nitrogens is 1. The van der Waals surface area contributed by atoms with Crippen LogP contribution in [0.5, 0.6) is 0 Å². The van der Waals surface area contributed by atoms with Gasteiger partial charge in [0.1, 0.15) is 5.84 Å². The Morgan fingerprint density at radius 2 is 2.03 bits per heavy atom. The van der Waals surface area contributed by atoms with E-state index in [1.165, 1.54) is 16.7 Å². The van der Waals surface area contributed by atoms with Crippen molar-refractivity contribution in [3.63, 3.8) is 0 Å². The van der Waals surface area contributed by atoms with Gasteiger partial charge in [0.05, 0.1) is 43.7 Å². The molecule has 1 aromatic carbocycles. The van der Waals surface area contributed by atoms with Crippen molar-refractivity contribution in [3.8, 4) is 0 Å². The van der Waals surface area contributed by atoms with Crippen LogP contribution in [0.15, 0.2) is 65.4 Å². The van der Waals surface area contributed by atoms with Crippen molar-refractivity contribution in [2.75, 3.05) is 32.9 Å². The number of aromatic nitrogens is 2. The molecule has 1 aromatic heterocycles. The fraction of sp³-hybridized carbons (Fsp3) is 0.429. The van der Waals surface area contributed by atoms with Crippen LogP contribution >= 0.6 is 0 Å². The molecule has 35 heavy (non-hydrogen) atoms. The molecule has 0 bridgehead atoms. The fourth-order valence-electron chi connectivity index (χ4n) is 4.61. The number of amidine groups is 1. The Hall–Kier alpha value is -3.16. The molecule has 2 N–H and O–H groups in total. The maximum absolute atomic E-state index is 10.6. The van der Waals surface area contributed by atoms with Crippen molar-refractivity contribution in [1.29, 1.82) is 0 Å². The Labute approximate surface area is 208 Å². The lowest BCUT2D eigenvalue weighted by molar-refractivity contribution is 0.0677. The topological polar surface area (TPSA) is 77.0 Å². The molecule has 0 amide bonds. The molecule has 186 valence electrons. The van der Waals surface area contributed by atoms with Crippen molar-refractivity contribution < 1.29 is 9.84 Å². The zero-order valence-corrected chi connectivity index (χ0v) is 21.3. The Kier molecular flexibility index (Phi) is 7.88. The number of aryl methyl sites for hydroxylation is 1. The van der Waals surface area contributed by atoms with E-state index in [4.69, 9.17) is 9.84 Å².